The summed E-state index contributed by atoms with van der Waals surface area (Å²) in [5.74, 6) is 0.771. The van der Waals surface area contributed by atoms with Gasteiger partial charge in [0.1, 0.15) is 5.82 Å². The fraction of sp³-hybridized carbons (Fsp3) is 0.261. The Balaban J connectivity index is 1.30. The van der Waals surface area contributed by atoms with Crippen molar-refractivity contribution in [2.45, 2.75) is 31.1 Å². The summed E-state index contributed by atoms with van der Waals surface area (Å²) in [4.78, 5) is 25.2. The highest BCUT2D eigenvalue weighted by Crippen LogP contribution is 2.24. The molecule has 0 radical (unpaired) electrons. The molecule has 1 saturated heterocycles. The minimum Gasteiger partial charge on any atom is -0.408 e. The number of nitrogens with one attached hydrogen (secondary N) is 3. The molecule has 176 valence electrons. The van der Waals surface area contributed by atoms with Crippen LogP contribution >= 0.6 is 0 Å². The number of rotatable bonds is 6. The Kier molecular flexibility index (Phi) is 5.70. The topological polar surface area (TPSA) is 133 Å². The van der Waals surface area contributed by atoms with Gasteiger partial charge in [0.25, 0.3) is 10.0 Å². The number of anilines is 4. The van der Waals surface area contributed by atoms with Crippen LogP contribution in [0.2, 0.25) is 0 Å². The van der Waals surface area contributed by atoms with Crippen molar-refractivity contribution in [2.75, 3.05) is 28.0 Å². The average molecular weight is 481 g/mol. The lowest BCUT2D eigenvalue weighted by atomic mass is 10.1. The Hall–Kier alpha value is -3.86. The lowest BCUT2D eigenvalue weighted by molar-refractivity contribution is 0.555. The minimum atomic E-state index is -3.86. The van der Waals surface area contributed by atoms with Crippen LogP contribution in [-0.2, 0) is 10.0 Å². The van der Waals surface area contributed by atoms with Gasteiger partial charge >= 0.3 is 5.76 Å². The molecule has 2 aromatic carbocycles. The molecule has 3 heterocycles. The Labute approximate surface area is 196 Å². The Bertz CT molecular complexity index is 1490. The maximum atomic E-state index is 12.8. The summed E-state index contributed by atoms with van der Waals surface area (Å²) < 4.78 is 33.0. The van der Waals surface area contributed by atoms with Crippen molar-refractivity contribution in [2.24, 2.45) is 0 Å². The number of aryl methyl sites for hydroxylation is 1. The zero-order chi connectivity index (χ0) is 23.7. The molecule has 0 bridgehead atoms. The first-order chi connectivity index (χ1) is 16.4. The maximum absolute atomic E-state index is 12.8. The highest BCUT2D eigenvalue weighted by molar-refractivity contribution is 7.92. The molecule has 1 fully saturated rings. The van der Waals surface area contributed by atoms with Gasteiger partial charge in [0.15, 0.2) is 5.58 Å². The summed E-state index contributed by atoms with van der Waals surface area (Å²) in [5, 5.41) is 3.20. The normalized spacial score (nSPS) is 14.3. The number of sulfonamides is 1. The molecule has 10 nitrogen and oxygen atoms in total. The van der Waals surface area contributed by atoms with Gasteiger partial charge < -0.3 is 14.6 Å². The monoisotopic (exact) mass is 480 g/mol. The molecule has 5 rings (SSSR count). The van der Waals surface area contributed by atoms with Gasteiger partial charge in [0, 0.05) is 36.2 Å². The van der Waals surface area contributed by atoms with Crippen molar-refractivity contribution in [1.29, 1.82) is 0 Å². The summed E-state index contributed by atoms with van der Waals surface area (Å²) in [6.07, 6.45) is 3.58. The number of benzene rings is 2. The van der Waals surface area contributed by atoms with Crippen LogP contribution in [0.1, 0.15) is 25.0 Å². The predicted molar refractivity (Wildman–Crippen MR) is 130 cm³/mol. The quantitative estimate of drug-likeness (QED) is 0.380. The zero-order valence-electron chi connectivity index (χ0n) is 18.5. The summed E-state index contributed by atoms with van der Waals surface area (Å²) in [7, 11) is -3.86. The molecule has 0 spiro atoms. The van der Waals surface area contributed by atoms with Crippen LogP contribution in [0.4, 0.5) is 23.1 Å². The highest BCUT2D eigenvalue weighted by atomic mass is 32.2. The molecule has 4 aromatic rings. The second kappa shape index (κ2) is 8.82. The SMILES string of the molecule is Cc1cc(N2CCCCC2)nc(Nc2ccc(NS(=O)(=O)c3ccc4oc(=O)[nH]c4c3)cc2)n1. The molecule has 34 heavy (non-hydrogen) atoms. The van der Waals surface area contributed by atoms with Gasteiger partial charge in [-0.2, -0.15) is 4.98 Å². The van der Waals surface area contributed by atoms with Gasteiger partial charge in [-0.25, -0.2) is 18.2 Å². The van der Waals surface area contributed by atoms with Gasteiger partial charge in [-0.15, -0.1) is 0 Å². The molecule has 0 amide bonds. The second-order valence-electron chi connectivity index (χ2n) is 8.22. The molecule has 1 aliphatic rings. The number of hydrogen-bond acceptors (Lipinski definition) is 8. The third-order valence-corrected chi connectivity index (χ3v) is 6.99. The number of H-pyrrole nitrogens is 1. The van der Waals surface area contributed by atoms with E-state index in [9.17, 15) is 13.2 Å². The second-order valence-corrected chi connectivity index (χ2v) is 9.90. The highest BCUT2D eigenvalue weighted by Gasteiger charge is 2.17. The number of oxazole rings is 1. The van der Waals surface area contributed by atoms with Crippen molar-refractivity contribution in [3.8, 4) is 0 Å². The van der Waals surface area contributed by atoms with Gasteiger partial charge in [-0.05, 0) is 68.7 Å². The lowest BCUT2D eigenvalue weighted by Gasteiger charge is -2.28. The van der Waals surface area contributed by atoms with Crippen molar-refractivity contribution in [3.63, 3.8) is 0 Å². The van der Waals surface area contributed by atoms with Crippen LogP contribution in [0.25, 0.3) is 11.1 Å². The smallest absolute Gasteiger partial charge is 0.408 e. The molecule has 11 heteroatoms. The summed E-state index contributed by atoms with van der Waals surface area (Å²) in [5.41, 5.74) is 2.61. The fourth-order valence-electron chi connectivity index (χ4n) is 3.96. The van der Waals surface area contributed by atoms with Gasteiger partial charge in [-0.1, -0.05) is 0 Å². The number of fused-ring (bicyclic) bond motifs is 1. The first-order valence-corrected chi connectivity index (χ1v) is 12.5. The summed E-state index contributed by atoms with van der Waals surface area (Å²) in [6.45, 7) is 3.93. The fourth-order valence-corrected chi connectivity index (χ4v) is 5.04. The van der Waals surface area contributed by atoms with E-state index in [-0.39, 0.29) is 4.90 Å². The number of aromatic amines is 1. The first kappa shape index (κ1) is 22.0. The van der Waals surface area contributed by atoms with Gasteiger partial charge in [0.05, 0.1) is 10.4 Å². The van der Waals surface area contributed by atoms with Crippen molar-refractivity contribution in [3.05, 3.63) is 64.8 Å². The van der Waals surface area contributed by atoms with E-state index in [1.54, 1.807) is 24.3 Å². The van der Waals surface area contributed by atoms with E-state index in [1.165, 1.54) is 24.6 Å². The molecule has 0 aliphatic carbocycles. The number of aromatic nitrogens is 3. The standard InChI is InChI=1S/C23H24N6O4S/c1-15-13-21(29-11-3-2-4-12-29)27-22(24-15)25-16-5-7-17(8-6-16)28-34(31,32)18-9-10-20-19(14-18)26-23(30)33-20/h5-10,13-14,28H,2-4,11-12H2,1H3,(H,26,30)(H,24,25,27). The Morgan fingerprint density at radius 1 is 0.971 bits per heavy atom. The third-order valence-electron chi connectivity index (χ3n) is 5.61. The molecule has 1 aliphatic heterocycles. The Morgan fingerprint density at radius 3 is 2.47 bits per heavy atom. The molecular weight excluding hydrogens is 456 g/mol. The predicted octanol–water partition coefficient (Wildman–Crippen LogP) is 3.75. The first-order valence-electron chi connectivity index (χ1n) is 11.0. The van der Waals surface area contributed by atoms with Crippen molar-refractivity contribution < 1.29 is 12.8 Å². The molecule has 0 saturated carbocycles. The average Bonchev–Trinajstić information content (AvgIpc) is 3.20. The molecule has 3 N–H and O–H groups in total. The third kappa shape index (κ3) is 4.74. The van der Waals surface area contributed by atoms with Crippen LogP contribution < -0.4 is 20.7 Å². The van der Waals surface area contributed by atoms with Crippen molar-refractivity contribution >= 4 is 44.3 Å². The minimum absolute atomic E-state index is 0.0117. The van der Waals surface area contributed by atoms with Crippen LogP contribution in [0, 0.1) is 6.92 Å². The van der Waals surface area contributed by atoms with E-state index < -0.39 is 15.8 Å². The van der Waals surface area contributed by atoms with Crippen molar-refractivity contribution in [1.82, 2.24) is 15.0 Å². The van der Waals surface area contributed by atoms with E-state index in [1.807, 2.05) is 13.0 Å². The Morgan fingerprint density at radius 2 is 1.71 bits per heavy atom. The largest absolute Gasteiger partial charge is 0.417 e. The van der Waals surface area contributed by atoms with E-state index in [0.717, 1.165) is 43.1 Å². The molecule has 2 aromatic heterocycles. The van der Waals surface area contributed by atoms with Gasteiger partial charge in [-0.3, -0.25) is 9.71 Å². The van der Waals surface area contributed by atoms with Crippen LogP contribution in [-0.4, -0.2) is 36.5 Å². The number of piperidine rings is 1. The number of nitrogens with zero attached hydrogens (tertiary/aromatic N) is 3. The molecular formula is C23H24N6O4S. The van der Waals surface area contributed by atoms with E-state index in [4.69, 9.17) is 4.42 Å². The van der Waals surface area contributed by atoms with Crippen LogP contribution in [0.3, 0.4) is 0 Å². The van der Waals surface area contributed by atoms with Crippen LogP contribution in [0.5, 0.6) is 0 Å². The molecule has 0 atom stereocenters. The lowest BCUT2D eigenvalue weighted by Crippen LogP contribution is -2.30. The maximum Gasteiger partial charge on any atom is 0.417 e. The molecule has 0 unspecified atom stereocenters. The van der Waals surface area contributed by atoms with Gasteiger partial charge in [0.2, 0.25) is 5.95 Å². The van der Waals surface area contributed by atoms with E-state index >= 15 is 0 Å². The summed E-state index contributed by atoms with van der Waals surface area (Å²) in [6, 6.07) is 13.0. The summed E-state index contributed by atoms with van der Waals surface area (Å²) >= 11 is 0. The zero-order valence-corrected chi connectivity index (χ0v) is 19.4. The van der Waals surface area contributed by atoms with Crippen LogP contribution in [0.15, 0.2) is 62.6 Å². The van der Waals surface area contributed by atoms with E-state index in [0.29, 0.717) is 22.7 Å². The number of hydrogen-bond donors (Lipinski definition) is 3. The van der Waals surface area contributed by atoms with E-state index in [2.05, 4.69) is 29.9 Å².